The number of rotatable bonds is 17. The molecule has 1 aromatic rings. The first-order chi connectivity index (χ1) is 19.2. The van der Waals surface area contributed by atoms with E-state index in [9.17, 15) is 38.0 Å². The fourth-order valence-corrected chi connectivity index (χ4v) is 3.40. The summed E-state index contributed by atoms with van der Waals surface area (Å²) in [6, 6.07) is 3.03. The lowest BCUT2D eigenvalue weighted by molar-refractivity contribution is -0.141. The second-order valence-electron chi connectivity index (χ2n) is 9.41. The molecule has 0 spiro atoms. The first-order valence-electron chi connectivity index (χ1n) is 12.7. The van der Waals surface area contributed by atoms with E-state index in [2.05, 4.69) is 21.3 Å². The van der Waals surface area contributed by atoms with Crippen molar-refractivity contribution in [1.82, 2.24) is 21.3 Å². The summed E-state index contributed by atoms with van der Waals surface area (Å²) in [5.41, 5.74) is 0.706. The molecule has 41 heavy (non-hydrogen) atoms. The molecule has 0 fully saturated rings. The highest BCUT2D eigenvalue weighted by Gasteiger charge is 2.33. The van der Waals surface area contributed by atoms with Gasteiger partial charge in [-0.25, -0.2) is 9.18 Å². The van der Waals surface area contributed by atoms with E-state index in [1.165, 1.54) is 20.8 Å². The van der Waals surface area contributed by atoms with E-state index < -0.39 is 91.1 Å². The van der Waals surface area contributed by atoms with Gasteiger partial charge in [-0.3, -0.25) is 28.8 Å². The third kappa shape index (κ3) is 12.9. The zero-order chi connectivity index (χ0) is 31.1. The molecule has 0 aromatic heterocycles. The predicted molar refractivity (Wildman–Crippen MR) is 140 cm³/mol. The Morgan fingerprint density at radius 1 is 0.805 bits per heavy atom. The molecule has 15 heteroatoms. The van der Waals surface area contributed by atoms with Gasteiger partial charge in [0.25, 0.3) is 0 Å². The van der Waals surface area contributed by atoms with Gasteiger partial charge >= 0.3 is 18.0 Å². The van der Waals surface area contributed by atoms with Crippen LogP contribution in [0.15, 0.2) is 30.3 Å². The van der Waals surface area contributed by atoms with Gasteiger partial charge in [0, 0.05) is 6.42 Å². The Hall–Kier alpha value is -4.56. The van der Waals surface area contributed by atoms with E-state index >= 15 is 0 Å². The van der Waals surface area contributed by atoms with Gasteiger partial charge in [0.2, 0.25) is 17.7 Å². The SMILES string of the molecule is CC(C)[C@H](NC(=O)[C@H](CCC(=O)O)NC(=O)[C@H](C)NC(=O)OCc1ccccc1)C(=O)N[C@@H](CC(=O)O)C(=O)CF. The Bertz CT molecular complexity index is 1100. The van der Waals surface area contributed by atoms with Crippen LogP contribution in [-0.4, -0.2) is 82.6 Å². The molecule has 4 atom stereocenters. The lowest BCUT2D eigenvalue weighted by atomic mass is 10.0. The van der Waals surface area contributed by atoms with E-state index in [0.29, 0.717) is 5.56 Å². The van der Waals surface area contributed by atoms with Gasteiger partial charge in [0.1, 0.15) is 37.4 Å². The molecule has 0 saturated heterocycles. The summed E-state index contributed by atoms with van der Waals surface area (Å²) in [7, 11) is 0. The lowest BCUT2D eigenvalue weighted by Crippen LogP contribution is -2.59. The average molecular weight is 583 g/mol. The second-order valence-corrected chi connectivity index (χ2v) is 9.41. The fourth-order valence-electron chi connectivity index (χ4n) is 3.40. The Morgan fingerprint density at radius 2 is 1.41 bits per heavy atom. The molecular formula is C26H35FN4O10. The zero-order valence-corrected chi connectivity index (χ0v) is 22.8. The highest BCUT2D eigenvalue weighted by Crippen LogP contribution is 2.08. The van der Waals surface area contributed by atoms with Crippen LogP contribution in [0.2, 0.25) is 0 Å². The van der Waals surface area contributed by atoms with Gasteiger partial charge in [-0.05, 0) is 24.8 Å². The third-order valence-corrected chi connectivity index (χ3v) is 5.68. The maximum Gasteiger partial charge on any atom is 0.408 e. The monoisotopic (exact) mass is 582 g/mol. The fraction of sp³-hybridized carbons (Fsp3) is 0.500. The molecule has 0 heterocycles. The molecule has 0 radical (unpaired) electrons. The minimum absolute atomic E-state index is 0.0619. The molecule has 0 aliphatic heterocycles. The van der Waals surface area contributed by atoms with Gasteiger partial charge in [0.15, 0.2) is 5.78 Å². The summed E-state index contributed by atoms with van der Waals surface area (Å²) in [4.78, 5) is 84.5. The number of carboxylic acids is 2. The van der Waals surface area contributed by atoms with Crippen molar-refractivity contribution in [3.63, 3.8) is 0 Å². The molecule has 1 aromatic carbocycles. The Morgan fingerprint density at radius 3 is 1.95 bits per heavy atom. The molecule has 0 aliphatic rings. The van der Waals surface area contributed by atoms with Crippen molar-refractivity contribution < 1.29 is 52.9 Å². The summed E-state index contributed by atoms with van der Waals surface area (Å²) < 4.78 is 17.9. The van der Waals surface area contributed by atoms with Crippen molar-refractivity contribution in [2.75, 3.05) is 6.67 Å². The highest BCUT2D eigenvalue weighted by molar-refractivity contribution is 5.96. The number of carbonyl (C=O) groups is 7. The average Bonchev–Trinajstić information content (AvgIpc) is 2.91. The number of ketones is 1. The second kappa shape index (κ2) is 17.2. The smallest absolute Gasteiger partial charge is 0.408 e. The van der Waals surface area contributed by atoms with Crippen molar-refractivity contribution in [3.05, 3.63) is 35.9 Å². The van der Waals surface area contributed by atoms with Crippen molar-refractivity contribution in [3.8, 4) is 0 Å². The molecule has 1 rings (SSSR count). The number of amides is 4. The van der Waals surface area contributed by atoms with Crippen molar-refractivity contribution in [1.29, 1.82) is 0 Å². The molecule has 0 bridgehead atoms. The van der Waals surface area contributed by atoms with Crippen LogP contribution in [0.25, 0.3) is 0 Å². The van der Waals surface area contributed by atoms with E-state index in [0.717, 1.165) is 0 Å². The topological polar surface area (TPSA) is 217 Å². The van der Waals surface area contributed by atoms with E-state index in [-0.39, 0.29) is 13.0 Å². The standard InChI is InChI=1S/C26H35FN4O10/c1-14(2)22(25(39)30-18(11-21(35)36)19(32)12-27)31-24(38)17(9-10-20(33)34)29-23(37)15(3)28-26(40)41-13-16-7-5-4-6-8-16/h4-8,14-15,17-18,22H,9-13H2,1-3H3,(H,28,40)(H,29,37)(H,30,39)(H,31,38)(H,33,34)(H,35,36)/t15-,17-,18-,22-/m0/s1. The minimum atomic E-state index is -1.68. The molecular weight excluding hydrogens is 547 g/mol. The number of nitrogens with one attached hydrogen (secondary N) is 4. The van der Waals surface area contributed by atoms with Crippen molar-refractivity contribution in [2.45, 2.75) is 70.8 Å². The maximum absolute atomic E-state index is 13.0. The van der Waals surface area contributed by atoms with Crippen LogP contribution in [0.4, 0.5) is 9.18 Å². The predicted octanol–water partition coefficient (Wildman–Crippen LogP) is 0.290. The van der Waals surface area contributed by atoms with Crippen LogP contribution >= 0.6 is 0 Å². The number of halogens is 1. The summed E-state index contributed by atoms with van der Waals surface area (Å²) in [5.74, 6) is -7.34. The number of benzene rings is 1. The number of hydrogen-bond acceptors (Lipinski definition) is 8. The summed E-state index contributed by atoms with van der Waals surface area (Å²) >= 11 is 0. The van der Waals surface area contributed by atoms with Crippen LogP contribution in [-0.2, 0) is 40.1 Å². The summed E-state index contributed by atoms with van der Waals surface area (Å²) in [5, 5.41) is 27.1. The molecule has 0 aliphatic carbocycles. The van der Waals surface area contributed by atoms with Gasteiger partial charge < -0.3 is 36.2 Å². The van der Waals surface area contributed by atoms with Gasteiger partial charge in [-0.15, -0.1) is 0 Å². The number of alkyl halides is 1. The first kappa shape index (κ1) is 34.5. The molecule has 14 nitrogen and oxygen atoms in total. The largest absolute Gasteiger partial charge is 0.481 e. The third-order valence-electron chi connectivity index (χ3n) is 5.68. The Kier molecular flexibility index (Phi) is 14.5. The van der Waals surface area contributed by atoms with Crippen LogP contribution in [0.5, 0.6) is 0 Å². The number of aliphatic carboxylic acids is 2. The summed E-state index contributed by atoms with van der Waals surface area (Å²) in [6.45, 7) is 2.76. The number of carbonyl (C=O) groups excluding carboxylic acids is 5. The van der Waals surface area contributed by atoms with Gasteiger partial charge in [0.05, 0.1) is 6.42 Å². The minimum Gasteiger partial charge on any atom is -0.481 e. The quantitative estimate of drug-likeness (QED) is 0.147. The van der Waals surface area contributed by atoms with E-state index in [1.807, 2.05) is 0 Å². The van der Waals surface area contributed by atoms with Crippen LogP contribution in [0.1, 0.15) is 45.6 Å². The number of hydrogen-bond donors (Lipinski definition) is 6. The van der Waals surface area contributed by atoms with E-state index in [1.54, 1.807) is 30.3 Å². The molecule has 226 valence electrons. The zero-order valence-electron chi connectivity index (χ0n) is 22.8. The number of alkyl carbamates (subject to hydrolysis) is 1. The van der Waals surface area contributed by atoms with Crippen LogP contribution < -0.4 is 21.3 Å². The Balaban J connectivity index is 2.91. The van der Waals surface area contributed by atoms with Crippen molar-refractivity contribution >= 4 is 41.5 Å². The van der Waals surface area contributed by atoms with Crippen molar-refractivity contribution in [2.24, 2.45) is 5.92 Å². The Labute approximate surface area is 235 Å². The van der Waals surface area contributed by atoms with Gasteiger partial charge in [-0.1, -0.05) is 44.2 Å². The molecule has 4 amide bonds. The molecule has 0 saturated carbocycles. The first-order valence-corrected chi connectivity index (χ1v) is 12.7. The number of ether oxygens (including phenoxy) is 1. The molecule has 0 unspecified atom stereocenters. The van der Waals surface area contributed by atoms with Crippen LogP contribution in [0, 0.1) is 5.92 Å². The summed E-state index contributed by atoms with van der Waals surface area (Å²) in [6.07, 6.45) is -2.72. The lowest BCUT2D eigenvalue weighted by Gasteiger charge is -2.27. The molecule has 6 N–H and O–H groups in total. The maximum atomic E-state index is 13.0. The normalized spacial score (nSPS) is 13.6. The highest BCUT2D eigenvalue weighted by atomic mass is 19.1. The van der Waals surface area contributed by atoms with E-state index in [4.69, 9.17) is 14.9 Å². The number of Topliss-reactive ketones (excluding diaryl/α,β-unsaturated/α-hetero) is 1. The van der Waals surface area contributed by atoms with Gasteiger partial charge in [-0.2, -0.15) is 0 Å². The number of carboxylic acid groups (broad SMARTS) is 2. The van der Waals surface area contributed by atoms with Crippen LogP contribution in [0.3, 0.4) is 0 Å².